The van der Waals surface area contributed by atoms with E-state index < -0.39 is 118 Å². The number of aliphatic hydroxyl groups is 10. The zero-order valence-electron chi connectivity index (χ0n) is 50.7. The molecule has 3 heterocycles. The molecule has 3 aliphatic heterocycles. The third-order valence-corrected chi connectivity index (χ3v) is 17.0. The van der Waals surface area contributed by atoms with Gasteiger partial charge < -0.3 is 89.0 Å². The van der Waals surface area contributed by atoms with Gasteiger partial charge in [0.15, 0.2) is 18.9 Å². The summed E-state index contributed by atoms with van der Waals surface area (Å²) in [5.74, 6) is 5.49. The zero-order chi connectivity index (χ0) is 58.6. The average Bonchev–Trinajstić information content (AvgIpc) is 3.44. The summed E-state index contributed by atoms with van der Waals surface area (Å²) in [6.45, 7) is 22.2. The molecule has 10 N–H and O–H groups in total. The molecular formula is C61H118O18. The molecule has 3 saturated heterocycles. The quantitative estimate of drug-likeness (QED) is 0.0282. The van der Waals surface area contributed by atoms with Crippen LogP contribution in [0.1, 0.15) is 198 Å². The van der Waals surface area contributed by atoms with Crippen LogP contribution in [0.15, 0.2) is 0 Å². The van der Waals surface area contributed by atoms with Gasteiger partial charge in [0.1, 0.15) is 79.4 Å². The van der Waals surface area contributed by atoms with Crippen LogP contribution in [0.3, 0.4) is 0 Å². The Bertz CT molecular complexity index is 1440. The predicted molar refractivity (Wildman–Crippen MR) is 303 cm³/mol. The van der Waals surface area contributed by atoms with E-state index in [-0.39, 0.29) is 13.2 Å². The maximum absolute atomic E-state index is 11.5. The van der Waals surface area contributed by atoms with E-state index in [4.69, 9.17) is 37.9 Å². The molecule has 0 aromatic rings. The van der Waals surface area contributed by atoms with Crippen LogP contribution in [0.2, 0.25) is 0 Å². The van der Waals surface area contributed by atoms with Crippen LogP contribution in [0.5, 0.6) is 0 Å². The van der Waals surface area contributed by atoms with Gasteiger partial charge in [0.05, 0.1) is 33.0 Å². The highest BCUT2D eigenvalue weighted by molar-refractivity contribution is 4.96. The average molecular weight is 1140 g/mol. The maximum Gasteiger partial charge on any atom is 0.187 e. The summed E-state index contributed by atoms with van der Waals surface area (Å²) in [7, 11) is 0. The van der Waals surface area contributed by atoms with Crippen molar-refractivity contribution in [3.63, 3.8) is 0 Å². The van der Waals surface area contributed by atoms with E-state index in [9.17, 15) is 51.1 Å². The van der Waals surface area contributed by atoms with Gasteiger partial charge in [-0.15, -0.1) is 0 Å². The van der Waals surface area contributed by atoms with Crippen LogP contribution < -0.4 is 0 Å². The molecule has 0 spiro atoms. The van der Waals surface area contributed by atoms with Crippen molar-refractivity contribution in [2.75, 3.05) is 46.2 Å². The van der Waals surface area contributed by atoms with Crippen LogP contribution in [0.4, 0.5) is 0 Å². The minimum Gasteiger partial charge on any atom is -0.394 e. The molecule has 0 aliphatic carbocycles. The van der Waals surface area contributed by atoms with Gasteiger partial charge in [0.2, 0.25) is 0 Å². The Hall–Kier alpha value is -0.720. The Balaban J connectivity index is 1.55. The SMILES string of the molecule is CC(C)CCC[C@H](C)CCC[C@H](C)CCC[C@@H](C)CCOCC(COCC[C@H](C)CCC[C@@H](C)CCC[C@@H](C)CCCC(C)C)O[C@@H]1O[C@H](CO)[C@@H](O[C@H]2O[C@H](CO)[C@@H](O[C@H]3O[C@H](CO)[C@@H](O)[C@H](O)[C@H]3O)[C@H](O)[C@H]2O)[C@H](O)[C@H]1O. The van der Waals surface area contributed by atoms with Gasteiger partial charge in [0.25, 0.3) is 0 Å². The van der Waals surface area contributed by atoms with Gasteiger partial charge in [-0.05, 0) is 60.2 Å². The summed E-state index contributed by atoms with van der Waals surface area (Å²) in [5, 5.41) is 107. The minimum atomic E-state index is -1.94. The van der Waals surface area contributed by atoms with Gasteiger partial charge in [-0.2, -0.15) is 0 Å². The number of hydrogen-bond acceptors (Lipinski definition) is 18. The van der Waals surface area contributed by atoms with Gasteiger partial charge in [-0.1, -0.05) is 185 Å². The molecule has 21 atom stereocenters. The fraction of sp³-hybridized carbons (Fsp3) is 1.00. The topological polar surface area (TPSA) is 276 Å². The summed E-state index contributed by atoms with van der Waals surface area (Å²) in [6, 6.07) is 0. The van der Waals surface area contributed by atoms with E-state index in [1.807, 2.05) is 0 Å². The summed E-state index contributed by atoms with van der Waals surface area (Å²) in [5.41, 5.74) is 0. The second-order valence-corrected chi connectivity index (χ2v) is 25.8. The molecular weight excluding hydrogens is 1020 g/mol. The van der Waals surface area contributed by atoms with E-state index in [1.54, 1.807) is 0 Å². The molecule has 470 valence electrons. The summed E-state index contributed by atoms with van der Waals surface area (Å²) in [6.07, 6.45) is -1.21. The molecule has 18 nitrogen and oxygen atoms in total. The van der Waals surface area contributed by atoms with Gasteiger partial charge >= 0.3 is 0 Å². The van der Waals surface area contributed by atoms with Crippen molar-refractivity contribution >= 4 is 0 Å². The molecule has 0 radical (unpaired) electrons. The lowest BCUT2D eigenvalue weighted by molar-refractivity contribution is -0.381. The Morgan fingerprint density at radius 3 is 0.962 bits per heavy atom. The summed E-state index contributed by atoms with van der Waals surface area (Å²) < 4.78 is 47.4. The normalized spacial score (nSPS) is 32.5. The van der Waals surface area contributed by atoms with Crippen molar-refractivity contribution in [3.05, 3.63) is 0 Å². The molecule has 0 saturated carbocycles. The molecule has 0 aromatic carbocycles. The van der Waals surface area contributed by atoms with Crippen molar-refractivity contribution in [1.29, 1.82) is 0 Å². The molecule has 0 bridgehead atoms. The second-order valence-electron chi connectivity index (χ2n) is 25.8. The van der Waals surface area contributed by atoms with Crippen molar-refractivity contribution in [2.24, 2.45) is 47.3 Å². The van der Waals surface area contributed by atoms with E-state index in [2.05, 4.69) is 69.2 Å². The maximum atomic E-state index is 11.5. The zero-order valence-corrected chi connectivity index (χ0v) is 50.7. The minimum absolute atomic E-state index is 0.116. The molecule has 3 rings (SSSR count). The van der Waals surface area contributed by atoms with Crippen molar-refractivity contribution < 1.29 is 89.0 Å². The predicted octanol–water partition coefficient (Wildman–Crippen LogP) is 6.78. The van der Waals surface area contributed by atoms with Crippen LogP contribution in [0, 0.1) is 47.3 Å². The van der Waals surface area contributed by atoms with Crippen LogP contribution in [0.25, 0.3) is 0 Å². The van der Waals surface area contributed by atoms with Crippen molar-refractivity contribution in [1.82, 2.24) is 0 Å². The number of ether oxygens (including phenoxy) is 8. The first-order chi connectivity index (χ1) is 37.6. The summed E-state index contributed by atoms with van der Waals surface area (Å²) in [4.78, 5) is 0. The molecule has 18 heteroatoms. The largest absolute Gasteiger partial charge is 0.394 e. The van der Waals surface area contributed by atoms with Gasteiger partial charge in [-0.25, -0.2) is 0 Å². The molecule has 0 unspecified atom stereocenters. The fourth-order valence-electron chi connectivity index (χ4n) is 11.3. The highest BCUT2D eigenvalue weighted by Crippen LogP contribution is 2.34. The Labute approximate surface area is 476 Å². The van der Waals surface area contributed by atoms with Gasteiger partial charge in [0, 0.05) is 13.2 Å². The number of hydrogen-bond donors (Lipinski definition) is 10. The lowest BCUT2D eigenvalue weighted by Crippen LogP contribution is -2.66. The first-order valence-corrected chi connectivity index (χ1v) is 31.3. The lowest BCUT2D eigenvalue weighted by atomic mass is 9.91. The Kier molecular flexibility index (Phi) is 36.6. The van der Waals surface area contributed by atoms with Crippen LogP contribution in [-0.2, 0) is 37.9 Å². The third-order valence-electron chi connectivity index (χ3n) is 17.0. The fourth-order valence-corrected chi connectivity index (χ4v) is 11.3. The first-order valence-electron chi connectivity index (χ1n) is 31.3. The highest BCUT2D eigenvalue weighted by Gasteiger charge is 2.54. The number of aliphatic hydroxyl groups excluding tert-OH is 10. The van der Waals surface area contributed by atoms with E-state index >= 15 is 0 Å². The summed E-state index contributed by atoms with van der Waals surface area (Å²) >= 11 is 0. The third kappa shape index (κ3) is 27.0. The molecule has 79 heavy (non-hydrogen) atoms. The van der Waals surface area contributed by atoms with Gasteiger partial charge in [-0.3, -0.25) is 0 Å². The standard InChI is InChI=1S/C61H118O18/c1-38(2)17-11-19-40(5)21-13-23-42(7)25-15-27-44(9)29-31-72-36-46(37-73-32-30-45(10)28-16-26-43(8)24-14-22-41(6)20-12-18-39(3)4)74-59-55(70)52(67)57(48(34-63)76-59)79-61-56(71)53(68)58(49(35-64)77-61)78-60-54(69)51(66)50(65)47(33-62)75-60/h38-71H,11-37H2,1-10H3/t40-,41-,42-,43-,44+,45+,47+,48+,49+,50+,51-,52+,53+,54+,55+,56+,57+,58+,59+,60+,61+/m0/s1. The molecule has 3 aliphatic rings. The van der Waals surface area contributed by atoms with E-state index in [1.165, 1.54) is 103 Å². The first kappa shape index (κ1) is 72.5. The van der Waals surface area contributed by atoms with E-state index in [0.717, 1.165) is 49.4 Å². The highest BCUT2D eigenvalue weighted by atomic mass is 16.8. The van der Waals surface area contributed by atoms with Crippen LogP contribution >= 0.6 is 0 Å². The van der Waals surface area contributed by atoms with Crippen LogP contribution in [-0.4, -0.2) is 196 Å². The number of rotatable bonds is 43. The van der Waals surface area contributed by atoms with Crippen molar-refractivity contribution in [3.8, 4) is 0 Å². The second kappa shape index (κ2) is 39.8. The Morgan fingerprint density at radius 2 is 0.620 bits per heavy atom. The lowest BCUT2D eigenvalue weighted by Gasteiger charge is -2.48. The monoisotopic (exact) mass is 1140 g/mol. The van der Waals surface area contributed by atoms with E-state index in [0.29, 0.717) is 36.9 Å². The molecule has 3 fully saturated rings. The molecule has 0 aromatic heterocycles. The molecule has 0 amide bonds. The van der Waals surface area contributed by atoms with Crippen molar-refractivity contribution in [2.45, 2.75) is 296 Å². The smallest absolute Gasteiger partial charge is 0.187 e. The Morgan fingerprint density at radius 1 is 0.329 bits per heavy atom.